The van der Waals surface area contributed by atoms with Crippen molar-refractivity contribution in [3.63, 3.8) is 0 Å². The first-order chi connectivity index (χ1) is 9.77. The summed E-state index contributed by atoms with van der Waals surface area (Å²) < 4.78 is 6.66. The fraction of sp³-hybridized carbons (Fsp3) is 0.250. The number of ether oxygens (including phenoxy) is 1. The van der Waals surface area contributed by atoms with Crippen LogP contribution in [0.15, 0.2) is 53.0 Å². The van der Waals surface area contributed by atoms with Crippen molar-refractivity contribution in [2.45, 2.75) is 6.42 Å². The highest BCUT2D eigenvalue weighted by molar-refractivity contribution is 9.10. The maximum absolute atomic E-state index is 6.10. The predicted octanol–water partition coefficient (Wildman–Crippen LogP) is 4.31. The smallest absolute Gasteiger partial charge is 0.133 e. The highest BCUT2D eigenvalue weighted by atomic mass is 79.9. The van der Waals surface area contributed by atoms with E-state index in [1.165, 1.54) is 5.56 Å². The molecule has 0 aliphatic rings. The van der Waals surface area contributed by atoms with Crippen molar-refractivity contribution in [1.82, 2.24) is 5.32 Å². The van der Waals surface area contributed by atoms with Gasteiger partial charge in [0.05, 0.1) is 4.47 Å². The molecule has 0 saturated heterocycles. The van der Waals surface area contributed by atoms with Gasteiger partial charge in [-0.15, -0.1) is 0 Å². The van der Waals surface area contributed by atoms with E-state index < -0.39 is 0 Å². The van der Waals surface area contributed by atoms with Crippen LogP contribution in [0.3, 0.4) is 0 Å². The second kappa shape index (κ2) is 8.30. The maximum atomic E-state index is 6.10. The zero-order valence-electron chi connectivity index (χ0n) is 11.1. The van der Waals surface area contributed by atoms with Crippen LogP contribution in [0.25, 0.3) is 0 Å². The molecule has 0 aliphatic heterocycles. The lowest BCUT2D eigenvalue weighted by Gasteiger charge is -2.09. The second-order valence-corrected chi connectivity index (χ2v) is 5.63. The monoisotopic (exact) mass is 353 g/mol. The van der Waals surface area contributed by atoms with Crippen LogP contribution in [0.5, 0.6) is 5.75 Å². The summed E-state index contributed by atoms with van der Waals surface area (Å²) in [7, 11) is 0. The Hall–Kier alpha value is -1.03. The summed E-state index contributed by atoms with van der Waals surface area (Å²) in [6, 6.07) is 15.8. The van der Waals surface area contributed by atoms with E-state index in [2.05, 4.69) is 27.3 Å². The third kappa shape index (κ3) is 4.82. The molecule has 0 radical (unpaired) electrons. The van der Waals surface area contributed by atoms with Crippen molar-refractivity contribution in [3.05, 3.63) is 63.6 Å². The lowest BCUT2D eigenvalue weighted by Crippen LogP contribution is -2.23. The molecule has 106 valence electrons. The van der Waals surface area contributed by atoms with E-state index in [1.54, 1.807) is 0 Å². The molecule has 0 fully saturated rings. The summed E-state index contributed by atoms with van der Waals surface area (Å²) in [5, 5.41) is 4.18. The van der Waals surface area contributed by atoms with Crippen LogP contribution in [-0.2, 0) is 6.42 Å². The molecule has 2 aromatic rings. The standard InChI is InChI=1S/C16H17BrClNO/c17-14-6-2-4-8-16(14)20-12-11-19-10-9-13-5-1-3-7-15(13)18/h1-8,19H,9-12H2. The van der Waals surface area contributed by atoms with E-state index >= 15 is 0 Å². The lowest BCUT2D eigenvalue weighted by atomic mass is 10.1. The molecule has 0 aliphatic carbocycles. The fourth-order valence-corrected chi connectivity index (χ4v) is 2.47. The molecular formula is C16H17BrClNO. The summed E-state index contributed by atoms with van der Waals surface area (Å²) in [6.45, 7) is 2.35. The SMILES string of the molecule is Clc1ccccc1CCNCCOc1ccccc1Br. The number of hydrogen-bond acceptors (Lipinski definition) is 2. The zero-order valence-corrected chi connectivity index (χ0v) is 13.5. The number of halogens is 2. The molecule has 0 aromatic heterocycles. The van der Waals surface area contributed by atoms with Gasteiger partial charge in [0.15, 0.2) is 0 Å². The van der Waals surface area contributed by atoms with Crippen molar-refractivity contribution in [1.29, 1.82) is 0 Å². The molecule has 0 amide bonds. The molecule has 0 heterocycles. The van der Waals surface area contributed by atoms with Crippen LogP contribution < -0.4 is 10.1 Å². The molecular weight excluding hydrogens is 338 g/mol. The first kappa shape index (κ1) is 15.4. The molecule has 0 unspecified atom stereocenters. The van der Waals surface area contributed by atoms with Crippen LogP contribution in [0.2, 0.25) is 5.02 Å². The van der Waals surface area contributed by atoms with Crippen LogP contribution in [-0.4, -0.2) is 19.7 Å². The maximum Gasteiger partial charge on any atom is 0.133 e. The largest absolute Gasteiger partial charge is 0.491 e. The fourth-order valence-electron chi connectivity index (χ4n) is 1.84. The average molecular weight is 355 g/mol. The minimum atomic E-state index is 0.644. The molecule has 4 heteroatoms. The number of hydrogen-bond donors (Lipinski definition) is 1. The zero-order chi connectivity index (χ0) is 14.2. The van der Waals surface area contributed by atoms with Crippen molar-refractivity contribution >= 4 is 27.5 Å². The molecule has 0 atom stereocenters. The molecule has 2 rings (SSSR count). The van der Waals surface area contributed by atoms with Gasteiger partial charge in [-0.05, 0) is 52.7 Å². The van der Waals surface area contributed by atoms with Gasteiger partial charge in [-0.2, -0.15) is 0 Å². The van der Waals surface area contributed by atoms with Gasteiger partial charge in [-0.1, -0.05) is 41.9 Å². The number of para-hydroxylation sites is 1. The highest BCUT2D eigenvalue weighted by Gasteiger charge is 2.00. The van der Waals surface area contributed by atoms with E-state index in [9.17, 15) is 0 Å². The van der Waals surface area contributed by atoms with Gasteiger partial charge in [0.1, 0.15) is 12.4 Å². The third-order valence-electron chi connectivity index (χ3n) is 2.90. The van der Waals surface area contributed by atoms with Crippen LogP contribution in [0.1, 0.15) is 5.56 Å². The Morgan fingerprint density at radius 1 is 1.00 bits per heavy atom. The highest BCUT2D eigenvalue weighted by Crippen LogP contribution is 2.23. The minimum Gasteiger partial charge on any atom is -0.491 e. The topological polar surface area (TPSA) is 21.3 Å². The van der Waals surface area contributed by atoms with Gasteiger partial charge in [0.25, 0.3) is 0 Å². The van der Waals surface area contributed by atoms with Crippen molar-refractivity contribution in [2.24, 2.45) is 0 Å². The van der Waals surface area contributed by atoms with Gasteiger partial charge in [0.2, 0.25) is 0 Å². The number of benzene rings is 2. The van der Waals surface area contributed by atoms with Crippen molar-refractivity contribution in [3.8, 4) is 5.75 Å². The van der Waals surface area contributed by atoms with Gasteiger partial charge in [-0.25, -0.2) is 0 Å². The van der Waals surface area contributed by atoms with E-state index in [0.717, 1.165) is 34.8 Å². The Bertz CT molecular complexity index is 498. The molecule has 20 heavy (non-hydrogen) atoms. The van der Waals surface area contributed by atoms with Gasteiger partial charge in [-0.3, -0.25) is 0 Å². The van der Waals surface area contributed by atoms with E-state index in [-0.39, 0.29) is 0 Å². The third-order valence-corrected chi connectivity index (χ3v) is 3.93. The van der Waals surface area contributed by atoms with Gasteiger partial charge < -0.3 is 10.1 Å². The van der Waals surface area contributed by atoms with Gasteiger partial charge >= 0.3 is 0 Å². The van der Waals surface area contributed by atoms with Crippen molar-refractivity contribution in [2.75, 3.05) is 19.7 Å². The Morgan fingerprint density at radius 2 is 1.75 bits per heavy atom. The predicted molar refractivity (Wildman–Crippen MR) is 87.7 cm³/mol. The molecule has 0 saturated carbocycles. The Kier molecular flexibility index (Phi) is 6.37. The van der Waals surface area contributed by atoms with Crippen LogP contribution in [0, 0.1) is 0 Å². The average Bonchev–Trinajstić information content (AvgIpc) is 2.46. The van der Waals surface area contributed by atoms with Crippen LogP contribution in [0.4, 0.5) is 0 Å². The lowest BCUT2D eigenvalue weighted by molar-refractivity contribution is 0.312. The van der Waals surface area contributed by atoms with E-state index in [4.69, 9.17) is 16.3 Å². The number of rotatable bonds is 7. The number of nitrogens with one attached hydrogen (secondary N) is 1. The minimum absolute atomic E-state index is 0.644. The Balaban J connectivity index is 1.63. The molecule has 1 N–H and O–H groups in total. The van der Waals surface area contributed by atoms with Gasteiger partial charge in [0, 0.05) is 11.6 Å². The molecule has 2 nitrogen and oxygen atoms in total. The quantitative estimate of drug-likeness (QED) is 0.748. The van der Waals surface area contributed by atoms with Crippen LogP contribution >= 0.6 is 27.5 Å². The summed E-state index contributed by atoms with van der Waals surface area (Å²) in [4.78, 5) is 0. The normalized spacial score (nSPS) is 10.5. The molecule has 2 aromatic carbocycles. The summed E-state index contributed by atoms with van der Waals surface area (Å²) in [6.07, 6.45) is 0.925. The summed E-state index contributed by atoms with van der Waals surface area (Å²) in [5.41, 5.74) is 1.17. The summed E-state index contributed by atoms with van der Waals surface area (Å²) >= 11 is 9.56. The molecule has 0 spiro atoms. The Morgan fingerprint density at radius 3 is 2.55 bits per heavy atom. The first-order valence-corrected chi connectivity index (χ1v) is 7.76. The van der Waals surface area contributed by atoms with E-state index in [1.807, 2.05) is 42.5 Å². The summed E-state index contributed by atoms with van der Waals surface area (Å²) in [5.74, 6) is 0.875. The molecule has 0 bridgehead atoms. The Labute approximate surface area is 133 Å². The first-order valence-electron chi connectivity index (χ1n) is 6.59. The second-order valence-electron chi connectivity index (χ2n) is 4.37. The van der Waals surface area contributed by atoms with Crippen molar-refractivity contribution < 1.29 is 4.74 Å². The van der Waals surface area contributed by atoms with E-state index in [0.29, 0.717) is 6.61 Å².